The van der Waals surface area contributed by atoms with Crippen molar-refractivity contribution >= 4 is 27.9 Å². The second-order valence-corrected chi connectivity index (χ2v) is 5.73. The second-order valence-electron chi connectivity index (χ2n) is 4.87. The Labute approximate surface area is 141 Å². The number of aromatic nitrogens is 2. The van der Waals surface area contributed by atoms with Crippen molar-refractivity contribution in [1.29, 1.82) is 0 Å². The summed E-state index contributed by atoms with van der Waals surface area (Å²) in [5, 5.41) is 17.5. The van der Waals surface area contributed by atoms with Crippen molar-refractivity contribution in [2.45, 2.75) is 6.92 Å². The van der Waals surface area contributed by atoms with Crippen molar-refractivity contribution < 1.29 is 4.92 Å². The zero-order chi connectivity index (χ0) is 16.9. The lowest BCUT2D eigenvalue weighted by molar-refractivity contribution is -0.384. The van der Waals surface area contributed by atoms with E-state index in [-0.39, 0.29) is 5.69 Å². The highest BCUT2D eigenvalue weighted by molar-refractivity contribution is 7.14. The predicted molar refractivity (Wildman–Crippen MR) is 94.3 cm³/mol. The molecular weight excluding hydrogens is 326 g/mol. The number of thiazole rings is 1. The number of nitro benzene ring substituents is 1. The van der Waals surface area contributed by atoms with Gasteiger partial charge in [0.2, 0.25) is 5.13 Å². The lowest BCUT2D eigenvalue weighted by Gasteiger charge is -2.00. The fourth-order valence-electron chi connectivity index (χ4n) is 2.00. The number of non-ortho nitro benzene ring substituents is 1. The van der Waals surface area contributed by atoms with Gasteiger partial charge in [-0.05, 0) is 19.1 Å². The molecule has 0 bridgehead atoms. The zero-order valence-electron chi connectivity index (χ0n) is 12.7. The summed E-state index contributed by atoms with van der Waals surface area (Å²) in [5.74, 6) is 0. The van der Waals surface area contributed by atoms with Crippen LogP contribution >= 0.6 is 11.3 Å². The fourth-order valence-corrected chi connectivity index (χ4v) is 2.66. The molecule has 2 aromatic heterocycles. The summed E-state index contributed by atoms with van der Waals surface area (Å²) in [6.45, 7) is 1.85. The fraction of sp³-hybridized carbons (Fsp3) is 0.0625. The molecule has 0 radical (unpaired) electrons. The van der Waals surface area contributed by atoms with Gasteiger partial charge in [0.15, 0.2) is 0 Å². The zero-order valence-corrected chi connectivity index (χ0v) is 13.5. The van der Waals surface area contributed by atoms with E-state index in [4.69, 9.17) is 0 Å². The Hall–Kier alpha value is -3.13. The summed E-state index contributed by atoms with van der Waals surface area (Å²) in [6, 6.07) is 12.0. The molecule has 24 heavy (non-hydrogen) atoms. The first kappa shape index (κ1) is 15.8. The van der Waals surface area contributed by atoms with Crippen molar-refractivity contribution in [3.63, 3.8) is 0 Å². The van der Waals surface area contributed by atoms with Crippen molar-refractivity contribution in [2.24, 2.45) is 5.10 Å². The number of nitrogens with zero attached hydrogens (tertiary/aromatic N) is 4. The molecule has 0 saturated carbocycles. The van der Waals surface area contributed by atoms with Gasteiger partial charge in [-0.15, -0.1) is 11.3 Å². The third kappa shape index (κ3) is 3.61. The molecule has 3 aromatic rings. The summed E-state index contributed by atoms with van der Waals surface area (Å²) < 4.78 is 0. The Bertz CT molecular complexity index is 892. The van der Waals surface area contributed by atoms with Crippen LogP contribution in [0.4, 0.5) is 10.8 Å². The maximum atomic E-state index is 10.9. The lowest BCUT2D eigenvalue weighted by Crippen LogP contribution is -2.01. The average molecular weight is 339 g/mol. The maximum Gasteiger partial charge on any atom is 0.270 e. The number of nitrogens with one attached hydrogen (secondary N) is 1. The average Bonchev–Trinajstić information content (AvgIpc) is 3.09. The number of benzene rings is 1. The van der Waals surface area contributed by atoms with Crippen molar-refractivity contribution in [1.82, 2.24) is 9.97 Å². The third-order valence-electron chi connectivity index (χ3n) is 3.21. The van der Waals surface area contributed by atoms with E-state index < -0.39 is 4.92 Å². The molecule has 0 unspecified atom stereocenters. The van der Waals surface area contributed by atoms with Crippen LogP contribution in [-0.4, -0.2) is 20.6 Å². The van der Waals surface area contributed by atoms with Crippen LogP contribution < -0.4 is 5.43 Å². The summed E-state index contributed by atoms with van der Waals surface area (Å²) in [7, 11) is 0. The van der Waals surface area contributed by atoms with E-state index in [0.717, 1.165) is 11.4 Å². The minimum absolute atomic E-state index is 0.0408. The molecule has 0 amide bonds. The quantitative estimate of drug-likeness (QED) is 0.431. The lowest BCUT2D eigenvalue weighted by atomic mass is 10.1. The van der Waals surface area contributed by atoms with Crippen molar-refractivity contribution in [3.8, 4) is 11.3 Å². The molecule has 1 aromatic carbocycles. The third-order valence-corrected chi connectivity index (χ3v) is 3.96. The summed E-state index contributed by atoms with van der Waals surface area (Å²) in [5.41, 5.74) is 5.81. The van der Waals surface area contributed by atoms with Gasteiger partial charge in [-0.3, -0.25) is 20.5 Å². The van der Waals surface area contributed by atoms with Crippen LogP contribution in [0, 0.1) is 10.1 Å². The molecule has 0 spiro atoms. The van der Waals surface area contributed by atoms with Gasteiger partial charge < -0.3 is 0 Å². The normalized spacial score (nSPS) is 11.3. The molecular formula is C16H13N5O2S. The Morgan fingerprint density at radius 2 is 2.17 bits per heavy atom. The molecule has 0 aliphatic rings. The van der Waals surface area contributed by atoms with Crippen LogP contribution in [0.1, 0.15) is 12.6 Å². The largest absolute Gasteiger partial charge is 0.270 e. The Balaban J connectivity index is 1.76. The number of nitro groups is 1. The van der Waals surface area contributed by atoms with E-state index in [1.165, 1.54) is 23.5 Å². The van der Waals surface area contributed by atoms with Gasteiger partial charge in [-0.1, -0.05) is 18.2 Å². The summed E-state index contributed by atoms with van der Waals surface area (Å²) in [4.78, 5) is 19.1. The molecule has 7 nitrogen and oxygen atoms in total. The SMILES string of the molecule is C/C(=N\Nc1nc(-c2cccc([N+](=O)[O-])c2)cs1)c1ccccn1. The van der Waals surface area contributed by atoms with E-state index in [0.29, 0.717) is 16.4 Å². The number of rotatable bonds is 5. The number of hydrogen-bond acceptors (Lipinski definition) is 7. The van der Waals surface area contributed by atoms with Gasteiger partial charge in [0.25, 0.3) is 5.69 Å². The highest BCUT2D eigenvalue weighted by Gasteiger charge is 2.10. The van der Waals surface area contributed by atoms with E-state index in [1.54, 1.807) is 18.3 Å². The molecule has 0 aliphatic carbocycles. The first-order chi connectivity index (χ1) is 11.6. The van der Waals surface area contributed by atoms with Crippen LogP contribution in [-0.2, 0) is 0 Å². The first-order valence-electron chi connectivity index (χ1n) is 7.05. The van der Waals surface area contributed by atoms with Gasteiger partial charge in [0.05, 0.1) is 22.0 Å². The van der Waals surface area contributed by atoms with Gasteiger partial charge in [-0.25, -0.2) is 4.98 Å². The molecule has 8 heteroatoms. The molecule has 2 heterocycles. The second kappa shape index (κ2) is 6.97. The topological polar surface area (TPSA) is 93.3 Å². The summed E-state index contributed by atoms with van der Waals surface area (Å²) in [6.07, 6.45) is 1.71. The van der Waals surface area contributed by atoms with E-state index in [2.05, 4.69) is 20.5 Å². The van der Waals surface area contributed by atoms with Crippen LogP contribution in [0.5, 0.6) is 0 Å². The van der Waals surface area contributed by atoms with Crippen LogP contribution in [0.3, 0.4) is 0 Å². The van der Waals surface area contributed by atoms with Gasteiger partial charge in [0, 0.05) is 29.3 Å². The minimum Gasteiger partial charge on any atom is -0.258 e. The predicted octanol–water partition coefficient (Wildman–Crippen LogP) is 3.95. The highest BCUT2D eigenvalue weighted by Crippen LogP contribution is 2.27. The van der Waals surface area contributed by atoms with Crippen LogP contribution in [0.25, 0.3) is 11.3 Å². The summed E-state index contributed by atoms with van der Waals surface area (Å²) >= 11 is 1.38. The molecule has 0 atom stereocenters. The molecule has 0 aliphatic heterocycles. The van der Waals surface area contributed by atoms with Crippen LogP contribution in [0.15, 0.2) is 59.1 Å². The maximum absolute atomic E-state index is 10.9. The van der Waals surface area contributed by atoms with Crippen LogP contribution in [0.2, 0.25) is 0 Å². The van der Waals surface area contributed by atoms with Gasteiger partial charge in [-0.2, -0.15) is 5.10 Å². The molecule has 120 valence electrons. The monoisotopic (exact) mass is 339 g/mol. The van der Waals surface area contributed by atoms with Crippen molar-refractivity contribution in [3.05, 3.63) is 69.8 Å². The number of hydrazone groups is 1. The molecule has 0 saturated heterocycles. The van der Waals surface area contributed by atoms with E-state index in [1.807, 2.05) is 30.5 Å². The number of hydrogen-bond donors (Lipinski definition) is 1. The molecule has 1 N–H and O–H groups in total. The van der Waals surface area contributed by atoms with E-state index in [9.17, 15) is 10.1 Å². The number of anilines is 1. The number of pyridine rings is 1. The van der Waals surface area contributed by atoms with E-state index >= 15 is 0 Å². The van der Waals surface area contributed by atoms with Crippen molar-refractivity contribution in [2.75, 3.05) is 5.43 Å². The Morgan fingerprint density at radius 3 is 2.92 bits per heavy atom. The minimum atomic E-state index is -0.421. The molecule has 3 rings (SSSR count). The smallest absolute Gasteiger partial charge is 0.258 e. The van der Waals surface area contributed by atoms with Gasteiger partial charge in [0.1, 0.15) is 0 Å². The highest BCUT2D eigenvalue weighted by atomic mass is 32.1. The Morgan fingerprint density at radius 1 is 1.29 bits per heavy atom. The standard InChI is InChI=1S/C16H13N5O2S/c1-11(14-7-2-3-8-17-14)19-20-16-18-15(10-24-16)12-5-4-6-13(9-12)21(22)23/h2-10H,1H3,(H,18,20)/b19-11+. The molecule has 0 fully saturated rings. The van der Waals surface area contributed by atoms with Gasteiger partial charge >= 0.3 is 0 Å². The first-order valence-corrected chi connectivity index (χ1v) is 7.93. The Kier molecular flexibility index (Phi) is 4.57.